The summed E-state index contributed by atoms with van der Waals surface area (Å²) in [6.45, 7) is 3.12. The van der Waals surface area contributed by atoms with Crippen molar-refractivity contribution in [2.75, 3.05) is 48.3 Å². The van der Waals surface area contributed by atoms with Gasteiger partial charge in [0.1, 0.15) is 28.6 Å². The lowest BCUT2D eigenvalue weighted by molar-refractivity contribution is 0.291. The van der Waals surface area contributed by atoms with E-state index in [1.54, 1.807) is 23.7 Å². The zero-order valence-corrected chi connectivity index (χ0v) is 20.7. The number of aromatic nitrogens is 5. The number of hydrogen-bond acceptors (Lipinski definition) is 10. The molecule has 9 nitrogen and oxygen atoms in total. The van der Waals surface area contributed by atoms with E-state index in [4.69, 9.17) is 9.97 Å². The fourth-order valence-corrected chi connectivity index (χ4v) is 6.39. The summed E-state index contributed by atoms with van der Waals surface area (Å²) >= 11 is 1.59. The summed E-state index contributed by atoms with van der Waals surface area (Å²) in [5.41, 5.74) is 1.84. The van der Waals surface area contributed by atoms with Crippen LogP contribution in [0.15, 0.2) is 42.9 Å². The van der Waals surface area contributed by atoms with Crippen LogP contribution in [-0.4, -0.2) is 81.3 Å². The van der Waals surface area contributed by atoms with Crippen LogP contribution in [0.1, 0.15) is 12.8 Å². The Kier molecular flexibility index (Phi) is 5.21. The van der Waals surface area contributed by atoms with Crippen molar-refractivity contribution >= 4 is 45.0 Å². The van der Waals surface area contributed by atoms with Gasteiger partial charge in [-0.05, 0) is 38.1 Å². The highest BCUT2D eigenvalue weighted by molar-refractivity contribution is 7.21. The number of nitrogens with one attached hydrogen (secondary N) is 1. The van der Waals surface area contributed by atoms with Gasteiger partial charge in [-0.2, -0.15) is 4.98 Å². The second kappa shape index (κ2) is 8.59. The highest BCUT2D eigenvalue weighted by Crippen LogP contribution is 2.34. The average molecular weight is 504 g/mol. The molecule has 3 aliphatic rings. The molecule has 3 aliphatic heterocycles. The lowest BCUT2D eigenvalue weighted by Gasteiger charge is -2.31. The highest BCUT2D eigenvalue weighted by atomic mass is 32.1. The molecule has 0 unspecified atom stereocenters. The molecule has 0 saturated carbocycles. The maximum absolute atomic E-state index is 13.7. The molecule has 0 aliphatic carbocycles. The van der Waals surface area contributed by atoms with Crippen molar-refractivity contribution in [1.29, 1.82) is 0 Å². The minimum absolute atomic E-state index is 0.399. The van der Waals surface area contributed by atoms with Crippen LogP contribution >= 0.6 is 11.3 Å². The zero-order chi connectivity index (χ0) is 24.2. The number of alkyl halides is 1. The van der Waals surface area contributed by atoms with Crippen molar-refractivity contribution in [2.24, 2.45) is 0 Å². The molecule has 0 amide bonds. The van der Waals surface area contributed by atoms with Gasteiger partial charge in [-0.1, -0.05) is 0 Å². The van der Waals surface area contributed by atoms with Crippen molar-refractivity contribution in [1.82, 2.24) is 29.8 Å². The first-order valence-corrected chi connectivity index (χ1v) is 13.1. The summed E-state index contributed by atoms with van der Waals surface area (Å²) in [7, 11) is 2.19. The molecule has 36 heavy (non-hydrogen) atoms. The zero-order valence-electron chi connectivity index (χ0n) is 19.9. The standard InChI is InChI=1S/C25H26FN9S/c1-33-13-18-9-17(33)14-35(18)25-28-6-3-21(32-25)31-22-10-19-20(11-29-22)36-24(30-19)15-2-5-27-23(8-15)34-7-4-16(26)12-34/h2-3,5-6,8,10-11,16-18H,4,7,9,12-14H2,1H3,(H,28,29,31,32)/t16-,17-,18-/m0/s1. The second-order valence-electron chi connectivity index (χ2n) is 9.79. The van der Waals surface area contributed by atoms with Crippen LogP contribution < -0.4 is 15.1 Å². The predicted molar refractivity (Wildman–Crippen MR) is 140 cm³/mol. The summed E-state index contributed by atoms with van der Waals surface area (Å²) in [4.78, 5) is 29.9. The lowest BCUT2D eigenvalue weighted by Crippen LogP contribution is -2.45. The maximum Gasteiger partial charge on any atom is 0.227 e. The molecule has 4 aromatic rings. The van der Waals surface area contributed by atoms with E-state index in [0.29, 0.717) is 43.2 Å². The van der Waals surface area contributed by atoms with Crippen molar-refractivity contribution in [2.45, 2.75) is 31.1 Å². The van der Waals surface area contributed by atoms with Gasteiger partial charge < -0.3 is 15.1 Å². The summed E-state index contributed by atoms with van der Waals surface area (Å²) in [6.07, 6.45) is 6.35. The van der Waals surface area contributed by atoms with Gasteiger partial charge in [0, 0.05) is 61.9 Å². The third-order valence-corrected chi connectivity index (χ3v) is 8.45. The van der Waals surface area contributed by atoms with Gasteiger partial charge in [-0.3, -0.25) is 4.90 Å². The molecule has 4 aromatic heterocycles. The number of thiazole rings is 1. The van der Waals surface area contributed by atoms with Gasteiger partial charge in [0.05, 0.1) is 16.8 Å². The molecule has 0 aromatic carbocycles. The normalized spacial score (nSPS) is 23.8. The molecule has 3 atom stereocenters. The molecule has 0 radical (unpaired) electrons. The quantitative estimate of drug-likeness (QED) is 0.438. The number of anilines is 4. The molecule has 11 heteroatoms. The first-order valence-electron chi connectivity index (χ1n) is 12.3. The minimum atomic E-state index is -0.784. The molecule has 184 valence electrons. The van der Waals surface area contributed by atoms with Crippen LogP contribution in [0, 0.1) is 0 Å². The Morgan fingerprint density at radius 3 is 2.72 bits per heavy atom. The van der Waals surface area contributed by atoms with Crippen molar-refractivity contribution < 1.29 is 4.39 Å². The molecule has 1 N–H and O–H groups in total. The SMILES string of the molecule is CN1C[C@@H]2C[C@H]1CN2c1nccc(Nc2cc3nc(-c4ccnc(N5CC[C@H](F)C5)c4)sc3cn2)n1. The van der Waals surface area contributed by atoms with Crippen LogP contribution in [0.5, 0.6) is 0 Å². The van der Waals surface area contributed by atoms with Gasteiger partial charge >= 0.3 is 0 Å². The number of hydrogen-bond donors (Lipinski definition) is 1. The topological polar surface area (TPSA) is 86.2 Å². The molecule has 3 fully saturated rings. The Bertz CT molecular complexity index is 1430. The molecule has 7 rings (SSSR count). The van der Waals surface area contributed by atoms with Crippen LogP contribution in [-0.2, 0) is 0 Å². The van der Waals surface area contributed by atoms with Gasteiger partial charge in [-0.15, -0.1) is 11.3 Å². The fourth-order valence-electron chi connectivity index (χ4n) is 5.47. The number of nitrogens with zero attached hydrogens (tertiary/aromatic N) is 8. The van der Waals surface area contributed by atoms with Gasteiger partial charge in [0.2, 0.25) is 5.95 Å². The van der Waals surface area contributed by atoms with E-state index in [2.05, 4.69) is 37.1 Å². The first-order chi connectivity index (χ1) is 17.6. The van der Waals surface area contributed by atoms with E-state index >= 15 is 0 Å². The third-order valence-electron chi connectivity index (χ3n) is 7.39. The Morgan fingerprint density at radius 1 is 1.00 bits per heavy atom. The van der Waals surface area contributed by atoms with E-state index in [-0.39, 0.29) is 0 Å². The van der Waals surface area contributed by atoms with Crippen LogP contribution in [0.2, 0.25) is 0 Å². The average Bonchev–Trinajstić information content (AvgIpc) is 3.67. The maximum atomic E-state index is 13.7. The summed E-state index contributed by atoms with van der Waals surface area (Å²) < 4.78 is 14.7. The van der Waals surface area contributed by atoms with E-state index < -0.39 is 6.17 Å². The van der Waals surface area contributed by atoms with E-state index in [9.17, 15) is 4.39 Å². The molecule has 7 heterocycles. The lowest BCUT2D eigenvalue weighted by atomic mass is 10.2. The molecule has 3 saturated heterocycles. The molecule has 2 bridgehead atoms. The number of fused-ring (bicyclic) bond motifs is 3. The Hall–Kier alpha value is -3.44. The Balaban J connectivity index is 1.11. The molecular weight excluding hydrogens is 477 g/mol. The number of halogens is 1. The van der Waals surface area contributed by atoms with Crippen LogP contribution in [0.4, 0.5) is 27.8 Å². The Labute approximate surface area is 212 Å². The number of likely N-dealkylation sites (N-methyl/N-ethyl adjacent to an activating group) is 1. The number of piperazine rings is 1. The van der Waals surface area contributed by atoms with Crippen molar-refractivity contribution in [3.8, 4) is 10.6 Å². The second-order valence-corrected chi connectivity index (χ2v) is 10.8. The summed E-state index contributed by atoms with van der Waals surface area (Å²) in [5, 5.41) is 4.22. The third kappa shape index (κ3) is 3.92. The molecular formula is C25H26FN9S. The number of pyridine rings is 2. The van der Waals surface area contributed by atoms with Gasteiger partial charge in [0.25, 0.3) is 0 Å². The summed E-state index contributed by atoms with van der Waals surface area (Å²) in [6, 6.07) is 8.82. The smallest absolute Gasteiger partial charge is 0.227 e. The van der Waals surface area contributed by atoms with Crippen LogP contribution in [0.25, 0.3) is 20.8 Å². The summed E-state index contributed by atoms with van der Waals surface area (Å²) in [5.74, 6) is 2.97. The minimum Gasteiger partial charge on any atom is -0.354 e. The van der Waals surface area contributed by atoms with Crippen molar-refractivity contribution in [3.63, 3.8) is 0 Å². The largest absolute Gasteiger partial charge is 0.354 e. The van der Waals surface area contributed by atoms with E-state index in [1.807, 2.05) is 35.4 Å². The highest BCUT2D eigenvalue weighted by Gasteiger charge is 2.42. The van der Waals surface area contributed by atoms with Crippen LogP contribution in [0.3, 0.4) is 0 Å². The number of likely N-dealkylation sites (tertiary alicyclic amines) is 1. The van der Waals surface area contributed by atoms with E-state index in [1.165, 1.54) is 6.42 Å². The van der Waals surface area contributed by atoms with Gasteiger partial charge in [0.15, 0.2) is 0 Å². The number of rotatable bonds is 5. The van der Waals surface area contributed by atoms with E-state index in [0.717, 1.165) is 45.6 Å². The monoisotopic (exact) mass is 503 g/mol. The van der Waals surface area contributed by atoms with Crippen molar-refractivity contribution in [3.05, 3.63) is 42.9 Å². The Morgan fingerprint density at radius 2 is 1.92 bits per heavy atom. The molecule has 0 spiro atoms. The van der Waals surface area contributed by atoms with Gasteiger partial charge in [-0.25, -0.2) is 24.3 Å². The predicted octanol–water partition coefficient (Wildman–Crippen LogP) is 3.73. The first kappa shape index (κ1) is 21.8. The fraction of sp³-hybridized carbons (Fsp3) is 0.400.